The summed E-state index contributed by atoms with van der Waals surface area (Å²) in [5, 5.41) is 13.5. The van der Waals surface area contributed by atoms with E-state index in [4.69, 9.17) is 12.2 Å². The van der Waals surface area contributed by atoms with Gasteiger partial charge in [-0.05, 0) is 60.7 Å². The molecule has 0 spiro atoms. The minimum Gasteiger partial charge on any atom is -0.395 e. The minimum atomic E-state index is -0.274. The highest BCUT2D eigenvalue weighted by molar-refractivity contribution is 7.80. The molecule has 4 rings (SSSR count). The molecule has 0 unspecified atom stereocenters. The van der Waals surface area contributed by atoms with Crippen molar-refractivity contribution in [1.82, 2.24) is 19.8 Å². The first-order valence-electron chi connectivity index (χ1n) is 8.71. The Morgan fingerprint density at radius 1 is 1.11 bits per heavy atom. The number of nitrogens with zero attached hydrogens (tertiary/aromatic N) is 3. The molecule has 0 amide bonds. The lowest BCUT2D eigenvalue weighted by atomic mass is 10.0. The number of aliphatic hydroxyl groups is 1. The fourth-order valence-corrected chi connectivity index (χ4v) is 3.88. The van der Waals surface area contributed by atoms with Gasteiger partial charge in [0, 0.05) is 30.3 Å². The summed E-state index contributed by atoms with van der Waals surface area (Å²) >= 11 is 5.53. The highest BCUT2D eigenvalue weighted by atomic mass is 32.1. The van der Waals surface area contributed by atoms with E-state index >= 15 is 0 Å². The third-order valence-corrected chi connectivity index (χ3v) is 5.08. The first kappa shape index (κ1) is 17.6. The van der Waals surface area contributed by atoms with Crippen LogP contribution in [0.15, 0.2) is 67.0 Å². The molecule has 7 heteroatoms. The quantitative estimate of drug-likeness (QED) is 0.665. The fourth-order valence-electron chi connectivity index (χ4n) is 3.55. The number of aromatic nitrogens is 2. The molecule has 2 N–H and O–H groups in total. The van der Waals surface area contributed by atoms with Crippen LogP contribution in [0.3, 0.4) is 0 Å². The summed E-state index contributed by atoms with van der Waals surface area (Å²) in [4.78, 5) is 6.47. The van der Waals surface area contributed by atoms with Gasteiger partial charge in [0.05, 0.1) is 24.4 Å². The third kappa shape index (κ3) is 3.31. The Morgan fingerprint density at radius 3 is 2.63 bits per heavy atom. The van der Waals surface area contributed by atoms with Crippen molar-refractivity contribution in [2.45, 2.75) is 12.1 Å². The van der Waals surface area contributed by atoms with Crippen molar-refractivity contribution >= 4 is 17.3 Å². The molecule has 1 aromatic carbocycles. The summed E-state index contributed by atoms with van der Waals surface area (Å²) in [6, 6.07) is 15.8. The van der Waals surface area contributed by atoms with Gasteiger partial charge in [0.25, 0.3) is 0 Å². The average Bonchev–Trinajstić information content (AvgIpc) is 3.28. The van der Waals surface area contributed by atoms with Gasteiger partial charge in [-0.1, -0.05) is 6.07 Å². The van der Waals surface area contributed by atoms with Gasteiger partial charge >= 0.3 is 0 Å². The molecule has 138 valence electrons. The molecule has 1 saturated heterocycles. The average molecular weight is 382 g/mol. The van der Waals surface area contributed by atoms with Crippen molar-refractivity contribution in [3.05, 3.63) is 84.2 Å². The van der Waals surface area contributed by atoms with E-state index in [0.29, 0.717) is 11.7 Å². The van der Waals surface area contributed by atoms with Gasteiger partial charge in [-0.2, -0.15) is 0 Å². The van der Waals surface area contributed by atoms with Crippen LogP contribution < -0.4 is 5.32 Å². The van der Waals surface area contributed by atoms with E-state index in [1.54, 1.807) is 18.3 Å². The zero-order valence-electron chi connectivity index (χ0n) is 14.5. The summed E-state index contributed by atoms with van der Waals surface area (Å²) in [6.45, 7) is 0.402. The molecule has 1 aliphatic rings. The van der Waals surface area contributed by atoms with Gasteiger partial charge in [-0.3, -0.25) is 4.98 Å². The maximum Gasteiger partial charge on any atom is 0.170 e. The Labute approximate surface area is 162 Å². The first-order chi connectivity index (χ1) is 13.2. The van der Waals surface area contributed by atoms with Crippen LogP contribution in [0.1, 0.15) is 23.5 Å². The van der Waals surface area contributed by atoms with E-state index in [1.807, 2.05) is 46.0 Å². The second-order valence-corrected chi connectivity index (χ2v) is 6.71. The Hall–Kier alpha value is -2.77. The number of benzene rings is 1. The highest BCUT2D eigenvalue weighted by Gasteiger charge is 2.40. The lowest BCUT2D eigenvalue weighted by molar-refractivity contribution is 0.220. The van der Waals surface area contributed by atoms with Gasteiger partial charge < -0.3 is 19.9 Å². The summed E-state index contributed by atoms with van der Waals surface area (Å²) in [5.74, 6) is -0.274. The highest BCUT2D eigenvalue weighted by Crippen LogP contribution is 2.39. The fraction of sp³-hybridized carbons (Fsp3) is 0.200. The van der Waals surface area contributed by atoms with Gasteiger partial charge in [0.2, 0.25) is 0 Å². The zero-order valence-corrected chi connectivity index (χ0v) is 15.3. The molecule has 1 fully saturated rings. The second-order valence-electron chi connectivity index (χ2n) is 6.32. The van der Waals surface area contributed by atoms with Crippen LogP contribution in [0.4, 0.5) is 4.39 Å². The summed E-state index contributed by atoms with van der Waals surface area (Å²) < 4.78 is 15.4. The van der Waals surface area contributed by atoms with Crippen LogP contribution in [0.2, 0.25) is 0 Å². The van der Waals surface area contributed by atoms with Crippen LogP contribution in [-0.4, -0.2) is 37.8 Å². The number of hydrogen-bond donors (Lipinski definition) is 2. The van der Waals surface area contributed by atoms with E-state index in [0.717, 1.165) is 17.1 Å². The molecule has 2 atom stereocenters. The van der Waals surface area contributed by atoms with E-state index < -0.39 is 0 Å². The van der Waals surface area contributed by atoms with E-state index in [9.17, 15) is 9.50 Å². The number of aliphatic hydroxyl groups excluding tert-OH is 1. The number of halogens is 1. The predicted molar refractivity (Wildman–Crippen MR) is 105 cm³/mol. The maximum atomic E-state index is 13.3. The van der Waals surface area contributed by atoms with Gasteiger partial charge in [-0.15, -0.1) is 0 Å². The maximum absolute atomic E-state index is 13.3. The molecule has 5 nitrogen and oxygen atoms in total. The molecular formula is C20H19FN4OS. The van der Waals surface area contributed by atoms with Crippen molar-refractivity contribution in [2.75, 3.05) is 13.2 Å². The Balaban J connectivity index is 1.80. The number of pyridine rings is 1. The summed E-state index contributed by atoms with van der Waals surface area (Å²) in [5.41, 5.74) is 2.72. The molecule has 3 aromatic rings. The first-order valence-corrected chi connectivity index (χ1v) is 9.12. The van der Waals surface area contributed by atoms with Gasteiger partial charge in [-0.25, -0.2) is 4.39 Å². The van der Waals surface area contributed by atoms with Gasteiger partial charge in [0.1, 0.15) is 5.82 Å². The SMILES string of the molecule is OCCN1C(=S)N[C@@H](c2ccccn2)[C@@H]1c1cccn1-c1ccc(F)cc1. The van der Waals surface area contributed by atoms with Crippen molar-refractivity contribution in [3.8, 4) is 5.69 Å². The summed E-state index contributed by atoms with van der Waals surface area (Å²) in [6.07, 6.45) is 3.70. The molecule has 0 saturated carbocycles. The van der Waals surface area contributed by atoms with Crippen LogP contribution in [0, 0.1) is 5.82 Å². The van der Waals surface area contributed by atoms with Crippen molar-refractivity contribution < 1.29 is 9.50 Å². The van der Waals surface area contributed by atoms with Crippen molar-refractivity contribution in [2.24, 2.45) is 0 Å². The molecule has 0 radical (unpaired) electrons. The zero-order chi connectivity index (χ0) is 18.8. The standard InChI is InChI=1S/C20H19FN4OS/c21-14-6-8-15(9-7-14)24-11-3-5-17(24)19-18(16-4-1-2-10-22-16)23-20(27)25(19)12-13-26/h1-11,18-19,26H,12-13H2,(H,23,27)/t18-,19-/m0/s1. The van der Waals surface area contributed by atoms with E-state index in [2.05, 4.69) is 10.3 Å². The lowest BCUT2D eigenvalue weighted by Gasteiger charge is -2.28. The molecule has 27 heavy (non-hydrogen) atoms. The van der Waals surface area contributed by atoms with Crippen molar-refractivity contribution in [3.63, 3.8) is 0 Å². The molecule has 2 aromatic heterocycles. The summed E-state index contributed by atoms with van der Waals surface area (Å²) in [7, 11) is 0. The van der Waals surface area contributed by atoms with E-state index in [1.165, 1.54) is 12.1 Å². The number of hydrogen-bond acceptors (Lipinski definition) is 3. The van der Waals surface area contributed by atoms with Crippen LogP contribution >= 0.6 is 12.2 Å². The number of β-amino-alcohol motifs (C(OH)–C–C–N with tert-alkyl or cyclic N) is 1. The molecule has 0 bridgehead atoms. The predicted octanol–water partition coefficient (Wildman–Crippen LogP) is 2.98. The topological polar surface area (TPSA) is 53.3 Å². The monoisotopic (exact) mass is 382 g/mol. The number of nitrogens with one attached hydrogen (secondary N) is 1. The normalized spacial score (nSPS) is 19.3. The molecule has 0 aliphatic carbocycles. The van der Waals surface area contributed by atoms with Gasteiger partial charge in [0.15, 0.2) is 5.11 Å². The number of rotatable bonds is 5. The Morgan fingerprint density at radius 2 is 1.93 bits per heavy atom. The molecule has 1 aliphatic heterocycles. The number of thiocarbonyl (C=S) groups is 1. The lowest BCUT2D eigenvalue weighted by Crippen LogP contribution is -2.32. The smallest absolute Gasteiger partial charge is 0.170 e. The van der Waals surface area contributed by atoms with E-state index in [-0.39, 0.29) is 24.5 Å². The third-order valence-electron chi connectivity index (χ3n) is 4.73. The van der Waals surface area contributed by atoms with Crippen LogP contribution in [0.25, 0.3) is 5.69 Å². The Kier molecular flexibility index (Phi) is 4.87. The van der Waals surface area contributed by atoms with Crippen LogP contribution in [0.5, 0.6) is 0 Å². The van der Waals surface area contributed by atoms with Crippen molar-refractivity contribution in [1.29, 1.82) is 0 Å². The molecule has 3 heterocycles. The molecular weight excluding hydrogens is 363 g/mol. The Bertz CT molecular complexity index is 929. The minimum absolute atomic E-state index is 0.00941. The largest absolute Gasteiger partial charge is 0.395 e. The second kappa shape index (κ2) is 7.46. The van der Waals surface area contributed by atoms with Crippen LogP contribution in [-0.2, 0) is 0 Å².